The molecule has 5 heteroatoms. The first-order valence-corrected chi connectivity index (χ1v) is 4.53. The average molecular weight is 269 g/mol. The van der Waals surface area contributed by atoms with E-state index in [1.165, 1.54) is 0 Å². The van der Waals surface area contributed by atoms with Crippen molar-refractivity contribution in [3.05, 3.63) is 33.3 Å². The molecular weight excluding hydrogens is 265 g/mol. The van der Waals surface area contributed by atoms with E-state index in [2.05, 4.69) is 21.1 Å². The van der Waals surface area contributed by atoms with E-state index in [1.54, 1.807) is 18.2 Å². The molecule has 1 N–H and O–H groups in total. The Balaban J connectivity index is 3.13. The molecule has 1 aromatic rings. The Morgan fingerprint density at radius 3 is 2.67 bits per heavy atom. The first-order valence-electron chi connectivity index (χ1n) is 2.98. The molecule has 0 radical (unpaired) electrons. The minimum Gasteiger partial charge on any atom is -0.410 e. The van der Waals surface area contributed by atoms with Crippen LogP contribution in [-0.4, -0.2) is 10.4 Å². The second-order valence-electron chi connectivity index (χ2n) is 2.02. The molecule has 0 amide bonds. The van der Waals surface area contributed by atoms with Crippen molar-refractivity contribution in [2.24, 2.45) is 5.16 Å². The number of hydrogen-bond donors (Lipinski definition) is 1. The number of rotatable bonds is 1. The molecule has 2 nitrogen and oxygen atoms in total. The number of benzene rings is 1. The van der Waals surface area contributed by atoms with Crippen LogP contribution < -0.4 is 0 Å². The molecule has 0 aliphatic carbocycles. The van der Waals surface area contributed by atoms with Gasteiger partial charge in [-0.25, -0.2) is 0 Å². The van der Waals surface area contributed by atoms with Crippen LogP contribution in [0.4, 0.5) is 0 Å². The third-order valence-corrected chi connectivity index (χ3v) is 2.75. The second kappa shape index (κ2) is 4.12. The summed E-state index contributed by atoms with van der Waals surface area (Å²) >= 11 is 14.5. The van der Waals surface area contributed by atoms with Crippen molar-refractivity contribution in [3.63, 3.8) is 0 Å². The zero-order valence-corrected chi connectivity index (χ0v) is 8.86. The van der Waals surface area contributed by atoms with Crippen LogP contribution >= 0.6 is 39.1 Å². The van der Waals surface area contributed by atoms with E-state index in [0.29, 0.717) is 15.1 Å². The minimum atomic E-state index is 0.0346. The number of oxime groups is 1. The van der Waals surface area contributed by atoms with Gasteiger partial charge in [-0.15, -0.1) is 0 Å². The molecule has 64 valence electrons. The van der Waals surface area contributed by atoms with Crippen molar-refractivity contribution in [1.29, 1.82) is 0 Å². The van der Waals surface area contributed by atoms with Crippen molar-refractivity contribution >= 4 is 44.3 Å². The highest BCUT2D eigenvalue weighted by Crippen LogP contribution is 2.23. The normalized spacial score (nSPS) is 11.8. The minimum absolute atomic E-state index is 0.0346. The van der Waals surface area contributed by atoms with Crippen LogP contribution in [0.3, 0.4) is 0 Å². The van der Waals surface area contributed by atoms with Gasteiger partial charge in [0.1, 0.15) is 0 Å². The fourth-order valence-corrected chi connectivity index (χ4v) is 1.30. The van der Waals surface area contributed by atoms with E-state index < -0.39 is 0 Å². The van der Waals surface area contributed by atoms with E-state index in [-0.39, 0.29) is 5.17 Å². The molecule has 0 unspecified atom stereocenters. The van der Waals surface area contributed by atoms with Gasteiger partial charge in [-0.3, -0.25) is 0 Å². The molecule has 0 spiro atoms. The molecule has 1 aromatic carbocycles. The highest BCUT2D eigenvalue weighted by molar-refractivity contribution is 9.10. The van der Waals surface area contributed by atoms with Crippen LogP contribution in [0.5, 0.6) is 0 Å². The zero-order chi connectivity index (χ0) is 9.14. The first kappa shape index (κ1) is 9.84. The highest BCUT2D eigenvalue weighted by atomic mass is 79.9. The summed E-state index contributed by atoms with van der Waals surface area (Å²) in [6, 6.07) is 4.99. The predicted octanol–water partition coefficient (Wildman–Crippen LogP) is 3.48. The Morgan fingerprint density at radius 1 is 1.50 bits per heavy atom. The fraction of sp³-hybridized carbons (Fsp3) is 0. The van der Waals surface area contributed by atoms with E-state index >= 15 is 0 Å². The molecule has 0 heterocycles. The van der Waals surface area contributed by atoms with E-state index in [9.17, 15) is 0 Å². The Morgan fingerprint density at radius 2 is 2.17 bits per heavy atom. The number of halogens is 3. The van der Waals surface area contributed by atoms with Gasteiger partial charge in [0.15, 0.2) is 5.17 Å². The largest absolute Gasteiger partial charge is 0.410 e. The molecule has 0 aliphatic heterocycles. The van der Waals surface area contributed by atoms with Gasteiger partial charge in [0.2, 0.25) is 0 Å². The molecule has 0 saturated heterocycles. The SMILES string of the molecule is O/N=C(\Cl)c1ccc(Cl)c(Br)c1. The molecule has 0 atom stereocenters. The van der Waals surface area contributed by atoms with Crippen molar-refractivity contribution in [3.8, 4) is 0 Å². The molecule has 0 fully saturated rings. The van der Waals surface area contributed by atoms with Crippen LogP contribution in [0.15, 0.2) is 27.8 Å². The Bertz CT molecular complexity index is 327. The Labute approximate surface area is 87.9 Å². The van der Waals surface area contributed by atoms with Crippen LogP contribution in [-0.2, 0) is 0 Å². The van der Waals surface area contributed by atoms with Gasteiger partial charge in [-0.1, -0.05) is 34.4 Å². The number of hydrogen-bond acceptors (Lipinski definition) is 2. The lowest BCUT2D eigenvalue weighted by Gasteiger charge is -1.98. The van der Waals surface area contributed by atoms with Crippen LogP contribution in [0, 0.1) is 0 Å². The summed E-state index contributed by atoms with van der Waals surface area (Å²) in [6.07, 6.45) is 0. The Kier molecular flexibility index (Phi) is 3.38. The molecule has 1 rings (SSSR count). The van der Waals surface area contributed by atoms with Crippen molar-refractivity contribution in [2.75, 3.05) is 0 Å². The van der Waals surface area contributed by atoms with E-state index in [4.69, 9.17) is 28.4 Å². The molecular formula is C7H4BrCl2NO. The predicted molar refractivity (Wildman–Crippen MR) is 53.3 cm³/mol. The molecule has 0 aliphatic rings. The lowest BCUT2D eigenvalue weighted by atomic mass is 10.2. The molecule has 12 heavy (non-hydrogen) atoms. The van der Waals surface area contributed by atoms with E-state index in [0.717, 1.165) is 0 Å². The summed E-state index contributed by atoms with van der Waals surface area (Å²) in [5, 5.41) is 11.8. The smallest absolute Gasteiger partial charge is 0.175 e. The first-order chi connectivity index (χ1) is 5.65. The third-order valence-electron chi connectivity index (χ3n) is 1.25. The standard InChI is InChI=1S/C7H4BrCl2NO/c8-5-3-4(7(10)11-12)1-2-6(5)9/h1-3,12H/b11-7-. The topological polar surface area (TPSA) is 32.6 Å². The lowest BCUT2D eigenvalue weighted by molar-refractivity contribution is 0.321. The lowest BCUT2D eigenvalue weighted by Crippen LogP contribution is -1.90. The second-order valence-corrected chi connectivity index (χ2v) is 3.64. The fourth-order valence-electron chi connectivity index (χ4n) is 0.682. The van der Waals surface area contributed by atoms with Crippen LogP contribution in [0.25, 0.3) is 0 Å². The summed E-state index contributed by atoms with van der Waals surface area (Å²) in [4.78, 5) is 0. The maximum absolute atomic E-state index is 8.36. The number of nitrogens with zero attached hydrogens (tertiary/aromatic N) is 1. The van der Waals surface area contributed by atoms with Crippen molar-refractivity contribution < 1.29 is 5.21 Å². The highest BCUT2D eigenvalue weighted by Gasteiger charge is 2.03. The quantitative estimate of drug-likeness (QED) is 0.472. The average Bonchev–Trinajstić information content (AvgIpc) is 2.08. The Hall–Kier alpha value is -0.250. The van der Waals surface area contributed by atoms with Crippen LogP contribution in [0.1, 0.15) is 5.56 Å². The van der Waals surface area contributed by atoms with Crippen molar-refractivity contribution in [1.82, 2.24) is 0 Å². The van der Waals surface area contributed by atoms with Crippen LogP contribution in [0.2, 0.25) is 5.02 Å². The van der Waals surface area contributed by atoms with Gasteiger partial charge >= 0.3 is 0 Å². The maximum atomic E-state index is 8.36. The van der Waals surface area contributed by atoms with Crippen molar-refractivity contribution in [2.45, 2.75) is 0 Å². The van der Waals surface area contributed by atoms with Gasteiger partial charge in [0, 0.05) is 10.0 Å². The van der Waals surface area contributed by atoms with Gasteiger partial charge in [-0.2, -0.15) is 0 Å². The van der Waals surface area contributed by atoms with Gasteiger partial charge in [0.05, 0.1) is 5.02 Å². The summed E-state index contributed by atoms with van der Waals surface area (Å²) in [7, 11) is 0. The summed E-state index contributed by atoms with van der Waals surface area (Å²) in [5.74, 6) is 0. The van der Waals surface area contributed by atoms with Gasteiger partial charge in [-0.05, 0) is 28.1 Å². The molecule has 0 bridgehead atoms. The summed E-state index contributed by atoms with van der Waals surface area (Å²) < 4.78 is 0.712. The zero-order valence-electron chi connectivity index (χ0n) is 5.76. The van der Waals surface area contributed by atoms with Gasteiger partial charge < -0.3 is 5.21 Å². The monoisotopic (exact) mass is 267 g/mol. The summed E-state index contributed by atoms with van der Waals surface area (Å²) in [5.41, 5.74) is 0.607. The van der Waals surface area contributed by atoms with Gasteiger partial charge in [0.25, 0.3) is 0 Å². The molecule has 0 saturated carbocycles. The summed E-state index contributed by atoms with van der Waals surface area (Å²) in [6.45, 7) is 0. The van der Waals surface area contributed by atoms with E-state index in [1.807, 2.05) is 0 Å². The third kappa shape index (κ3) is 2.12. The molecule has 0 aromatic heterocycles. The maximum Gasteiger partial charge on any atom is 0.175 e.